The molecular weight excluding hydrogens is 393 g/mol. The lowest BCUT2D eigenvalue weighted by atomic mass is 10.2. The first kappa shape index (κ1) is 15.6. The molecule has 6 heteroatoms. The van der Waals surface area contributed by atoms with Crippen molar-refractivity contribution in [1.29, 1.82) is 0 Å². The monoisotopic (exact) mass is 405 g/mol. The van der Waals surface area contributed by atoms with Gasteiger partial charge in [-0.25, -0.2) is 0 Å². The zero-order chi connectivity index (χ0) is 14.8. The lowest BCUT2D eigenvalue weighted by Crippen LogP contribution is -2.16. The minimum Gasteiger partial charge on any atom is -0.486 e. The zero-order valence-corrected chi connectivity index (χ0v) is 15.1. The topological polar surface area (TPSA) is 21.3 Å². The first-order chi connectivity index (χ1) is 10.1. The molecule has 0 atom stereocenters. The van der Waals surface area contributed by atoms with Gasteiger partial charge in [0, 0.05) is 37.9 Å². The van der Waals surface area contributed by atoms with Crippen LogP contribution in [0.15, 0.2) is 28.1 Å². The van der Waals surface area contributed by atoms with E-state index in [0.29, 0.717) is 22.7 Å². The third kappa shape index (κ3) is 4.36. The first-order valence-corrected chi connectivity index (χ1v) is 9.11. The van der Waals surface area contributed by atoms with Crippen LogP contribution in [-0.4, -0.2) is 6.04 Å². The van der Waals surface area contributed by atoms with E-state index in [1.54, 1.807) is 17.4 Å². The van der Waals surface area contributed by atoms with Crippen LogP contribution in [0.3, 0.4) is 0 Å². The predicted octanol–water partition coefficient (Wildman–Crippen LogP) is 5.65. The second kappa shape index (κ2) is 6.88. The molecule has 1 aromatic heterocycles. The summed E-state index contributed by atoms with van der Waals surface area (Å²) in [5, 5.41) is 6.71. The maximum Gasteiger partial charge on any atom is 0.143 e. The predicted molar refractivity (Wildman–Crippen MR) is 92.7 cm³/mol. The number of hydrogen-bond acceptors (Lipinski definition) is 3. The minimum absolute atomic E-state index is 0.508. The summed E-state index contributed by atoms with van der Waals surface area (Å²) in [5.41, 5.74) is 1.01. The maximum atomic E-state index is 6.29. The number of thiophene rings is 1. The average Bonchev–Trinajstić information content (AvgIpc) is 3.17. The molecule has 1 aromatic carbocycles. The molecule has 21 heavy (non-hydrogen) atoms. The van der Waals surface area contributed by atoms with E-state index in [2.05, 4.69) is 27.3 Å². The molecule has 0 spiro atoms. The number of benzene rings is 1. The van der Waals surface area contributed by atoms with Crippen molar-refractivity contribution in [2.24, 2.45) is 0 Å². The smallest absolute Gasteiger partial charge is 0.143 e. The van der Waals surface area contributed by atoms with E-state index in [1.165, 1.54) is 12.8 Å². The Bertz CT molecular complexity index is 643. The van der Waals surface area contributed by atoms with Crippen LogP contribution < -0.4 is 10.1 Å². The van der Waals surface area contributed by atoms with Crippen molar-refractivity contribution in [2.75, 3.05) is 0 Å². The molecule has 112 valence electrons. The summed E-state index contributed by atoms with van der Waals surface area (Å²) >= 11 is 17.5. The Morgan fingerprint density at radius 1 is 1.29 bits per heavy atom. The molecular formula is C15H14BrCl2NOS. The summed E-state index contributed by atoms with van der Waals surface area (Å²) < 4.78 is 7.01. The Labute approximate surface area is 146 Å². The van der Waals surface area contributed by atoms with Gasteiger partial charge in [-0.15, -0.1) is 11.3 Å². The van der Waals surface area contributed by atoms with E-state index in [0.717, 1.165) is 27.2 Å². The quantitative estimate of drug-likeness (QED) is 0.669. The van der Waals surface area contributed by atoms with Crippen molar-refractivity contribution in [3.05, 3.63) is 48.5 Å². The van der Waals surface area contributed by atoms with Gasteiger partial charge in [0.05, 0.1) is 5.02 Å². The van der Waals surface area contributed by atoms with Gasteiger partial charge in [-0.05, 0) is 47.0 Å². The third-order valence-electron chi connectivity index (χ3n) is 3.22. The Morgan fingerprint density at radius 2 is 2.10 bits per heavy atom. The molecule has 0 amide bonds. The van der Waals surface area contributed by atoms with E-state index < -0.39 is 0 Å². The summed E-state index contributed by atoms with van der Waals surface area (Å²) in [5.74, 6) is 0.721. The Balaban J connectivity index is 1.74. The van der Waals surface area contributed by atoms with Crippen molar-refractivity contribution >= 4 is 50.5 Å². The Morgan fingerprint density at radius 3 is 2.76 bits per heavy atom. The van der Waals surface area contributed by atoms with Gasteiger partial charge in [-0.3, -0.25) is 0 Å². The zero-order valence-electron chi connectivity index (χ0n) is 11.2. The number of halogens is 3. The second-order valence-corrected chi connectivity index (χ2v) is 7.81. The fourth-order valence-corrected chi connectivity index (χ4v) is 3.97. The molecule has 0 aliphatic heterocycles. The van der Waals surface area contributed by atoms with Crippen LogP contribution in [0.1, 0.15) is 23.3 Å². The summed E-state index contributed by atoms with van der Waals surface area (Å²) in [6, 6.07) is 6.33. The minimum atomic E-state index is 0.508. The lowest BCUT2D eigenvalue weighted by Gasteiger charge is -2.14. The van der Waals surface area contributed by atoms with Gasteiger partial charge in [-0.1, -0.05) is 23.2 Å². The van der Waals surface area contributed by atoms with Crippen LogP contribution >= 0.6 is 50.5 Å². The summed E-state index contributed by atoms with van der Waals surface area (Å²) in [6.07, 6.45) is 2.49. The molecule has 0 radical (unpaired) electrons. The Kier molecular flexibility index (Phi) is 5.12. The van der Waals surface area contributed by atoms with E-state index >= 15 is 0 Å². The summed E-state index contributed by atoms with van der Waals surface area (Å²) in [7, 11) is 0. The van der Waals surface area contributed by atoms with Crippen LogP contribution in [0.4, 0.5) is 0 Å². The largest absolute Gasteiger partial charge is 0.486 e. The highest BCUT2D eigenvalue weighted by Crippen LogP contribution is 2.34. The molecule has 1 saturated carbocycles. The standard InChI is InChI=1S/C15H14BrCl2NOS/c16-10-4-13(21-8-10)7-20-15-9(6-19-12-1-2-12)3-11(17)5-14(15)18/h3-5,8,12,19H,1-2,6-7H2. The molecule has 1 aliphatic rings. The third-order valence-corrected chi connectivity index (χ3v) is 5.39. The molecule has 0 saturated heterocycles. The molecule has 1 aliphatic carbocycles. The fraction of sp³-hybridized carbons (Fsp3) is 0.333. The maximum absolute atomic E-state index is 6.29. The van der Waals surface area contributed by atoms with E-state index in [1.807, 2.05) is 11.4 Å². The van der Waals surface area contributed by atoms with Crippen LogP contribution in [0.25, 0.3) is 0 Å². The van der Waals surface area contributed by atoms with E-state index in [-0.39, 0.29) is 0 Å². The number of hydrogen-bond donors (Lipinski definition) is 1. The normalized spacial score (nSPS) is 14.4. The van der Waals surface area contributed by atoms with E-state index in [9.17, 15) is 0 Å². The van der Waals surface area contributed by atoms with Gasteiger partial charge in [-0.2, -0.15) is 0 Å². The van der Waals surface area contributed by atoms with Crippen molar-refractivity contribution in [3.63, 3.8) is 0 Å². The average molecular weight is 407 g/mol. The summed E-state index contributed by atoms with van der Waals surface area (Å²) in [6.45, 7) is 1.24. The van der Waals surface area contributed by atoms with Gasteiger partial charge < -0.3 is 10.1 Å². The highest BCUT2D eigenvalue weighted by Gasteiger charge is 2.21. The van der Waals surface area contributed by atoms with Crippen LogP contribution in [0, 0.1) is 0 Å². The summed E-state index contributed by atoms with van der Waals surface area (Å²) in [4.78, 5) is 1.15. The first-order valence-electron chi connectivity index (χ1n) is 6.69. The van der Waals surface area contributed by atoms with Crippen molar-refractivity contribution in [2.45, 2.75) is 32.0 Å². The van der Waals surface area contributed by atoms with Gasteiger partial charge in [0.25, 0.3) is 0 Å². The van der Waals surface area contributed by atoms with Crippen molar-refractivity contribution in [1.82, 2.24) is 5.32 Å². The molecule has 2 aromatic rings. The highest BCUT2D eigenvalue weighted by molar-refractivity contribution is 9.10. The molecule has 2 nitrogen and oxygen atoms in total. The van der Waals surface area contributed by atoms with Gasteiger partial charge in [0.1, 0.15) is 12.4 Å². The lowest BCUT2D eigenvalue weighted by molar-refractivity contribution is 0.306. The van der Waals surface area contributed by atoms with Gasteiger partial charge in [0.15, 0.2) is 0 Å². The molecule has 1 fully saturated rings. The van der Waals surface area contributed by atoms with Crippen LogP contribution in [0.2, 0.25) is 10.0 Å². The molecule has 1 N–H and O–H groups in total. The highest BCUT2D eigenvalue weighted by atomic mass is 79.9. The molecule has 3 rings (SSSR count). The SMILES string of the molecule is Clc1cc(Cl)c(OCc2cc(Br)cs2)c(CNC2CC2)c1. The van der Waals surface area contributed by atoms with Crippen LogP contribution in [0.5, 0.6) is 5.75 Å². The van der Waals surface area contributed by atoms with Crippen molar-refractivity contribution in [3.8, 4) is 5.75 Å². The van der Waals surface area contributed by atoms with Gasteiger partial charge in [0.2, 0.25) is 0 Å². The number of ether oxygens (including phenoxy) is 1. The fourth-order valence-electron chi connectivity index (χ4n) is 2.02. The molecule has 1 heterocycles. The molecule has 0 unspecified atom stereocenters. The van der Waals surface area contributed by atoms with Crippen molar-refractivity contribution < 1.29 is 4.74 Å². The van der Waals surface area contributed by atoms with Gasteiger partial charge >= 0.3 is 0 Å². The van der Waals surface area contributed by atoms with Crippen LogP contribution in [-0.2, 0) is 13.2 Å². The Hall–Kier alpha value is -0.260. The number of nitrogens with one attached hydrogen (secondary N) is 1. The molecule has 0 bridgehead atoms. The van der Waals surface area contributed by atoms with E-state index in [4.69, 9.17) is 27.9 Å². The second-order valence-electron chi connectivity index (χ2n) is 5.05. The number of rotatable bonds is 6.